The lowest BCUT2D eigenvalue weighted by molar-refractivity contribution is 0.472. The maximum atomic E-state index is 6.19. The molecule has 1 nitrogen and oxygen atoms in total. The van der Waals surface area contributed by atoms with Crippen LogP contribution in [0.3, 0.4) is 0 Å². The third-order valence-corrected chi connectivity index (χ3v) is 4.65. The van der Waals surface area contributed by atoms with E-state index in [0.29, 0.717) is 6.04 Å². The topological polar surface area (TPSA) is 26.0 Å². The maximum absolute atomic E-state index is 6.19. The average molecular weight is 268 g/mol. The normalized spacial score (nSPS) is 24.5. The molecule has 1 aliphatic rings. The molecule has 1 saturated carbocycles. The summed E-state index contributed by atoms with van der Waals surface area (Å²) in [5.74, 6) is 0. The Morgan fingerprint density at radius 3 is 0.842 bits per heavy atom. The summed E-state index contributed by atoms with van der Waals surface area (Å²) in [5, 5.41) is 0. The molecule has 2 N–H and O–H groups in total. The van der Waals surface area contributed by atoms with E-state index in [1.165, 1.54) is 109 Å². The van der Waals surface area contributed by atoms with Gasteiger partial charge in [0.25, 0.3) is 0 Å². The van der Waals surface area contributed by atoms with Crippen LogP contribution >= 0.6 is 0 Å². The van der Waals surface area contributed by atoms with Crippen molar-refractivity contribution in [1.29, 1.82) is 0 Å². The van der Waals surface area contributed by atoms with Crippen LogP contribution in [-0.4, -0.2) is 6.04 Å². The molecule has 1 aliphatic carbocycles. The van der Waals surface area contributed by atoms with E-state index in [0.717, 1.165) is 0 Å². The van der Waals surface area contributed by atoms with Gasteiger partial charge in [0, 0.05) is 6.04 Å². The van der Waals surface area contributed by atoms with Crippen LogP contribution in [0, 0.1) is 0 Å². The van der Waals surface area contributed by atoms with E-state index in [1.54, 1.807) is 0 Å². The molecule has 114 valence electrons. The summed E-state index contributed by atoms with van der Waals surface area (Å²) in [6.07, 6.45) is 24.2. The fourth-order valence-corrected chi connectivity index (χ4v) is 3.26. The maximum Gasteiger partial charge on any atom is 0.00388 e. The van der Waals surface area contributed by atoms with Crippen molar-refractivity contribution in [2.75, 3.05) is 0 Å². The van der Waals surface area contributed by atoms with Crippen LogP contribution in [0.1, 0.15) is 109 Å². The predicted molar refractivity (Wildman–Crippen MR) is 86.5 cm³/mol. The quantitative estimate of drug-likeness (QED) is 0.576. The van der Waals surface area contributed by atoms with Crippen LogP contribution in [0.2, 0.25) is 0 Å². The Hall–Kier alpha value is -0.0400. The van der Waals surface area contributed by atoms with E-state index in [9.17, 15) is 0 Å². The lowest BCUT2D eigenvalue weighted by Crippen LogP contribution is -2.19. The zero-order valence-corrected chi connectivity index (χ0v) is 13.2. The minimum atomic E-state index is 0.485. The Morgan fingerprint density at radius 1 is 0.368 bits per heavy atom. The predicted octanol–water partition coefficient (Wildman–Crippen LogP) is 5.96. The second kappa shape index (κ2) is 13.0. The van der Waals surface area contributed by atoms with Crippen molar-refractivity contribution in [3.63, 3.8) is 0 Å². The molecule has 0 saturated heterocycles. The van der Waals surface area contributed by atoms with Crippen LogP contribution in [-0.2, 0) is 0 Å². The molecule has 0 spiro atoms. The van der Waals surface area contributed by atoms with Crippen molar-refractivity contribution < 1.29 is 0 Å². The highest BCUT2D eigenvalue weighted by atomic mass is 14.6. The molecule has 19 heavy (non-hydrogen) atoms. The molecule has 0 amide bonds. The fraction of sp³-hybridized carbons (Fsp3) is 1.00. The Bertz CT molecular complexity index is 161. The lowest BCUT2D eigenvalue weighted by Gasteiger charge is -2.11. The molecule has 0 aromatic rings. The first-order chi connectivity index (χ1) is 9.39. The van der Waals surface area contributed by atoms with Crippen molar-refractivity contribution in [2.24, 2.45) is 5.73 Å². The molecule has 0 bridgehead atoms. The van der Waals surface area contributed by atoms with Crippen LogP contribution in [0.25, 0.3) is 0 Å². The SMILES string of the molecule is NC1CCCCCCCCCCCCCCCCC1. The molecule has 0 aromatic carbocycles. The zero-order chi connectivity index (χ0) is 13.6. The van der Waals surface area contributed by atoms with Crippen LogP contribution in [0.5, 0.6) is 0 Å². The summed E-state index contributed by atoms with van der Waals surface area (Å²) < 4.78 is 0. The second-order valence-electron chi connectivity index (χ2n) is 6.64. The fourth-order valence-electron chi connectivity index (χ4n) is 3.26. The number of nitrogens with two attached hydrogens (primary N) is 1. The summed E-state index contributed by atoms with van der Waals surface area (Å²) in [4.78, 5) is 0. The van der Waals surface area contributed by atoms with Gasteiger partial charge in [0.05, 0.1) is 0 Å². The largest absolute Gasteiger partial charge is 0.328 e. The summed E-state index contributed by atoms with van der Waals surface area (Å²) in [5.41, 5.74) is 6.19. The van der Waals surface area contributed by atoms with E-state index in [4.69, 9.17) is 5.73 Å². The monoisotopic (exact) mass is 267 g/mol. The average Bonchev–Trinajstić information content (AvgIpc) is 2.41. The second-order valence-corrected chi connectivity index (χ2v) is 6.64. The Morgan fingerprint density at radius 2 is 0.579 bits per heavy atom. The van der Waals surface area contributed by atoms with Gasteiger partial charge in [-0.25, -0.2) is 0 Å². The van der Waals surface area contributed by atoms with Gasteiger partial charge in [0.1, 0.15) is 0 Å². The molecule has 0 atom stereocenters. The summed E-state index contributed by atoms with van der Waals surface area (Å²) >= 11 is 0. The first-order valence-electron chi connectivity index (χ1n) is 9.15. The smallest absolute Gasteiger partial charge is 0.00388 e. The summed E-state index contributed by atoms with van der Waals surface area (Å²) in [6.45, 7) is 0. The zero-order valence-electron chi connectivity index (χ0n) is 13.2. The van der Waals surface area contributed by atoms with Gasteiger partial charge in [-0.15, -0.1) is 0 Å². The third-order valence-electron chi connectivity index (χ3n) is 4.65. The van der Waals surface area contributed by atoms with Crippen molar-refractivity contribution in [2.45, 2.75) is 115 Å². The van der Waals surface area contributed by atoms with Gasteiger partial charge in [0.2, 0.25) is 0 Å². The van der Waals surface area contributed by atoms with Crippen LogP contribution in [0.4, 0.5) is 0 Å². The molecule has 0 heterocycles. The van der Waals surface area contributed by atoms with Gasteiger partial charge in [-0.05, 0) is 12.8 Å². The molecule has 1 rings (SSSR count). The number of hydrogen-bond donors (Lipinski definition) is 1. The standard InChI is InChI=1S/C18H37N/c19-18-16-14-12-10-8-6-4-2-1-3-5-7-9-11-13-15-17-18/h18H,1-17,19H2. The van der Waals surface area contributed by atoms with Gasteiger partial charge in [-0.1, -0.05) is 96.3 Å². The summed E-state index contributed by atoms with van der Waals surface area (Å²) in [7, 11) is 0. The van der Waals surface area contributed by atoms with E-state index < -0.39 is 0 Å². The van der Waals surface area contributed by atoms with Crippen molar-refractivity contribution in [3.05, 3.63) is 0 Å². The highest BCUT2D eigenvalue weighted by Gasteiger charge is 2.02. The molecule has 1 heteroatoms. The van der Waals surface area contributed by atoms with E-state index in [2.05, 4.69) is 0 Å². The molecule has 0 unspecified atom stereocenters. The molecular formula is C18H37N. The van der Waals surface area contributed by atoms with Gasteiger partial charge >= 0.3 is 0 Å². The lowest BCUT2D eigenvalue weighted by atomic mass is 9.99. The molecular weight excluding hydrogens is 230 g/mol. The number of rotatable bonds is 0. The molecule has 0 aromatic heterocycles. The highest BCUT2D eigenvalue weighted by Crippen LogP contribution is 2.16. The Balaban J connectivity index is 2.08. The van der Waals surface area contributed by atoms with E-state index >= 15 is 0 Å². The third kappa shape index (κ3) is 11.5. The Labute approximate surface area is 121 Å². The molecule has 0 radical (unpaired) electrons. The minimum Gasteiger partial charge on any atom is -0.328 e. The van der Waals surface area contributed by atoms with Gasteiger partial charge in [-0.3, -0.25) is 0 Å². The minimum absolute atomic E-state index is 0.485. The van der Waals surface area contributed by atoms with E-state index in [-0.39, 0.29) is 0 Å². The summed E-state index contributed by atoms with van der Waals surface area (Å²) in [6, 6.07) is 0.485. The van der Waals surface area contributed by atoms with Gasteiger partial charge < -0.3 is 5.73 Å². The highest BCUT2D eigenvalue weighted by molar-refractivity contribution is 4.62. The van der Waals surface area contributed by atoms with Gasteiger partial charge in [-0.2, -0.15) is 0 Å². The van der Waals surface area contributed by atoms with Crippen molar-refractivity contribution in [3.8, 4) is 0 Å². The van der Waals surface area contributed by atoms with Crippen LogP contribution < -0.4 is 5.73 Å². The first-order valence-corrected chi connectivity index (χ1v) is 9.15. The first kappa shape index (κ1) is 17.0. The van der Waals surface area contributed by atoms with E-state index in [1.807, 2.05) is 0 Å². The van der Waals surface area contributed by atoms with Crippen LogP contribution in [0.15, 0.2) is 0 Å². The van der Waals surface area contributed by atoms with Crippen molar-refractivity contribution in [1.82, 2.24) is 0 Å². The number of hydrogen-bond acceptors (Lipinski definition) is 1. The van der Waals surface area contributed by atoms with Gasteiger partial charge in [0.15, 0.2) is 0 Å². The van der Waals surface area contributed by atoms with Crippen molar-refractivity contribution >= 4 is 0 Å². The Kier molecular flexibility index (Phi) is 11.6. The molecule has 1 fully saturated rings. The molecule has 0 aliphatic heterocycles.